The Kier molecular flexibility index (Phi) is 3.46. The predicted molar refractivity (Wildman–Crippen MR) is 79.9 cm³/mol. The van der Waals surface area contributed by atoms with Crippen LogP contribution in [-0.2, 0) is 6.54 Å². The number of methoxy groups -OCH3 is 1. The minimum Gasteiger partial charge on any atom is -0.497 e. The number of nitrogens with one attached hydrogen (secondary N) is 1. The summed E-state index contributed by atoms with van der Waals surface area (Å²) in [5.41, 5.74) is 3.74. The molecule has 4 heteroatoms. The molecule has 2 aromatic carbocycles. The highest BCUT2D eigenvalue weighted by atomic mass is 16.5. The molecule has 0 spiro atoms. The zero-order valence-corrected chi connectivity index (χ0v) is 11.2. The summed E-state index contributed by atoms with van der Waals surface area (Å²) in [5, 5.41) is 3.32. The summed E-state index contributed by atoms with van der Waals surface area (Å²) in [4.78, 5) is 8.98. The second-order valence-corrected chi connectivity index (χ2v) is 4.44. The van der Waals surface area contributed by atoms with Crippen molar-refractivity contribution in [3.05, 3.63) is 60.4 Å². The zero-order valence-electron chi connectivity index (χ0n) is 11.2. The van der Waals surface area contributed by atoms with Crippen molar-refractivity contribution in [3.8, 4) is 5.75 Å². The molecule has 0 unspecified atom stereocenters. The Morgan fingerprint density at radius 1 is 1.05 bits per heavy atom. The van der Waals surface area contributed by atoms with E-state index in [1.54, 1.807) is 13.3 Å². The Hall–Kier alpha value is -2.62. The topological polar surface area (TPSA) is 47.0 Å². The van der Waals surface area contributed by atoms with Gasteiger partial charge in [-0.2, -0.15) is 0 Å². The van der Waals surface area contributed by atoms with Gasteiger partial charge in [0.05, 0.1) is 36.6 Å². The fourth-order valence-corrected chi connectivity index (χ4v) is 2.01. The third-order valence-corrected chi connectivity index (χ3v) is 3.04. The van der Waals surface area contributed by atoms with Crippen LogP contribution in [0.4, 0.5) is 5.69 Å². The van der Waals surface area contributed by atoms with Gasteiger partial charge in [-0.1, -0.05) is 18.2 Å². The number of hydrogen-bond acceptors (Lipinski definition) is 4. The van der Waals surface area contributed by atoms with Gasteiger partial charge in [0.2, 0.25) is 0 Å². The van der Waals surface area contributed by atoms with E-state index in [-0.39, 0.29) is 0 Å². The lowest BCUT2D eigenvalue weighted by Gasteiger charge is -2.08. The highest BCUT2D eigenvalue weighted by Gasteiger charge is 2.00. The van der Waals surface area contributed by atoms with E-state index in [9.17, 15) is 0 Å². The Morgan fingerprint density at radius 3 is 2.75 bits per heavy atom. The summed E-state index contributed by atoms with van der Waals surface area (Å²) >= 11 is 0. The van der Waals surface area contributed by atoms with Gasteiger partial charge in [0.1, 0.15) is 5.75 Å². The monoisotopic (exact) mass is 265 g/mol. The largest absolute Gasteiger partial charge is 0.497 e. The molecule has 0 saturated carbocycles. The van der Waals surface area contributed by atoms with Crippen molar-refractivity contribution in [3.63, 3.8) is 0 Å². The van der Waals surface area contributed by atoms with E-state index in [1.165, 1.54) is 0 Å². The molecule has 4 nitrogen and oxygen atoms in total. The van der Waals surface area contributed by atoms with E-state index in [2.05, 4.69) is 15.3 Å². The SMILES string of the molecule is COc1cccc(NCc2cnc3ccccc3n2)c1. The maximum absolute atomic E-state index is 5.20. The van der Waals surface area contributed by atoms with Crippen LogP contribution < -0.4 is 10.1 Å². The first-order valence-electron chi connectivity index (χ1n) is 6.44. The molecular formula is C16H15N3O. The molecule has 0 amide bonds. The number of ether oxygens (including phenoxy) is 1. The Balaban J connectivity index is 1.76. The second-order valence-electron chi connectivity index (χ2n) is 4.44. The number of benzene rings is 2. The number of rotatable bonds is 4. The van der Waals surface area contributed by atoms with E-state index >= 15 is 0 Å². The molecule has 20 heavy (non-hydrogen) atoms. The van der Waals surface area contributed by atoms with Crippen molar-refractivity contribution in [1.82, 2.24) is 9.97 Å². The molecule has 0 saturated heterocycles. The minimum absolute atomic E-state index is 0.630. The van der Waals surface area contributed by atoms with Crippen LogP contribution >= 0.6 is 0 Å². The van der Waals surface area contributed by atoms with Gasteiger partial charge in [-0.3, -0.25) is 4.98 Å². The normalized spacial score (nSPS) is 10.4. The summed E-state index contributed by atoms with van der Waals surface area (Å²) in [6.07, 6.45) is 1.80. The molecule has 3 rings (SSSR count). The lowest BCUT2D eigenvalue weighted by atomic mass is 10.2. The van der Waals surface area contributed by atoms with Crippen LogP contribution in [0.15, 0.2) is 54.7 Å². The molecule has 0 aliphatic rings. The van der Waals surface area contributed by atoms with Crippen molar-refractivity contribution in [2.24, 2.45) is 0 Å². The first kappa shape index (κ1) is 12.4. The lowest BCUT2D eigenvalue weighted by molar-refractivity contribution is 0.415. The average Bonchev–Trinajstić information content (AvgIpc) is 2.53. The van der Waals surface area contributed by atoms with Gasteiger partial charge in [0, 0.05) is 11.8 Å². The highest BCUT2D eigenvalue weighted by molar-refractivity contribution is 5.73. The number of hydrogen-bond donors (Lipinski definition) is 1. The van der Waals surface area contributed by atoms with Crippen LogP contribution in [0, 0.1) is 0 Å². The van der Waals surface area contributed by atoms with Crippen LogP contribution in [0.3, 0.4) is 0 Å². The average molecular weight is 265 g/mol. The van der Waals surface area contributed by atoms with E-state index in [1.807, 2.05) is 48.5 Å². The quantitative estimate of drug-likeness (QED) is 0.786. The van der Waals surface area contributed by atoms with Gasteiger partial charge in [0.25, 0.3) is 0 Å². The van der Waals surface area contributed by atoms with Crippen LogP contribution in [0.2, 0.25) is 0 Å². The summed E-state index contributed by atoms with van der Waals surface area (Å²) in [5.74, 6) is 0.833. The maximum Gasteiger partial charge on any atom is 0.120 e. The van der Waals surface area contributed by atoms with E-state index in [0.29, 0.717) is 6.54 Å². The standard InChI is InChI=1S/C16H15N3O/c1-20-14-6-4-5-12(9-14)17-10-13-11-18-15-7-2-3-8-16(15)19-13/h2-9,11,17H,10H2,1H3. The fraction of sp³-hybridized carbons (Fsp3) is 0.125. The molecule has 1 aromatic heterocycles. The molecular weight excluding hydrogens is 250 g/mol. The smallest absolute Gasteiger partial charge is 0.120 e. The maximum atomic E-state index is 5.20. The van der Waals surface area contributed by atoms with Gasteiger partial charge in [-0.15, -0.1) is 0 Å². The third kappa shape index (κ3) is 2.69. The van der Waals surface area contributed by atoms with Crippen molar-refractivity contribution >= 4 is 16.7 Å². The Labute approximate surface area is 117 Å². The number of aromatic nitrogens is 2. The molecule has 3 aromatic rings. The summed E-state index contributed by atoms with van der Waals surface area (Å²) in [7, 11) is 1.66. The predicted octanol–water partition coefficient (Wildman–Crippen LogP) is 3.25. The van der Waals surface area contributed by atoms with E-state index < -0.39 is 0 Å². The molecule has 0 aliphatic carbocycles. The molecule has 1 heterocycles. The van der Waals surface area contributed by atoms with Crippen LogP contribution in [0.1, 0.15) is 5.69 Å². The molecule has 100 valence electrons. The Bertz CT molecular complexity index is 727. The lowest BCUT2D eigenvalue weighted by Crippen LogP contribution is -2.02. The van der Waals surface area contributed by atoms with Gasteiger partial charge in [-0.05, 0) is 24.3 Å². The first-order chi connectivity index (χ1) is 9.85. The molecule has 0 fully saturated rings. The fourth-order valence-electron chi connectivity index (χ4n) is 2.01. The first-order valence-corrected chi connectivity index (χ1v) is 6.44. The van der Waals surface area contributed by atoms with Gasteiger partial charge < -0.3 is 10.1 Å². The molecule has 0 bridgehead atoms. The zero-order chi connectivity index (χ0) is 13.8. The summed E-state index contributed by atoms with van der Waals surface area (Å²) < 4.78 is 5.20. The van der Waals surface area contributed by atoms with E-state index in [4.69, 9.17) is 4.74 Å². The van der Waals surface area contributed by atoms with Gasteiger partial charge in [0.15, 0.2) is 0 Å². The van der Waals surface area contributed by atoms with Crippen molar-refractivity contribution in [1.29, 1.82) is 0 Å². The van der Waals surface area contributed by atoms with Gasteiger partial charge in [-0.25, -0.2) is 4.98 Å². The minimum atomic E-state index is 0.630. The third-order valence-electron chi connectivity index (χ3n) is 3.04. The highest BCUT2D eigenvalue weighted by Crippen LogP contribution is 2.17. The summed E-state index contributed by atoms with van der Waals surface area (Å²) in [6.45, 7) is 0.630. The van der Waals surface area contributed by atoms with Crippen molar-refractivity contribution in [2.45, 2.75) is 6.54 Å². The number of fused-ring (bicyclic) bond motifs is 1. The molecule has 0 radical (unpaired) electrons. The number of nitrogens with zero attached hydrogens (tertiary/aromatic N) is 2. The molecule has 0 atom stereocenters. The summed E-state index contributed by atoms with van der Waals surface area (Å²) in [6, 6.07) is 15.7. The van der Waals surface area contributed by atoms with Crippen LogP contribution in [0.25, 0.3) is 11.0 Å². The molecule has 0 aliphatic heterocycles. The van der Waals surface area contributed by atoms with Crippen LogP contribution in [-0.4, -0.2) is 17.1 Å². The van der Waals surface area contributed by atoms with Crippen LogP contribution in [0.5, 0.6) is 5.75 Å². The molecule has 1 N–H and O–H groups in total. The van der Waals surface area contributed by atoms with Crippen molar-refractivity contribution < 1.29 is 4.74 Å². The Morgan fingerprint density at radius 2 is 1.90 bits per heavy atom. The van der Waals surface area contributed by atoms with Crippen molar-refractivity contribution in [2.75, 3.05) is 12.4 Å². The number of para-hydroxylation sites is 2. The van der Waals surface area contributed by atoms with E-state index in [0.717, 1.165) is 28.2 Å². The second kappa shape index (κ2) is 5.57. The number of anilines is 1. The van der Waals surface area contributed by atoms with Gasteiger partial charge >= 0.3 is 0 Å².